The van der Waals surface area contributed by atoms with Crippen molar-refractivity contribution in [3.05, 3.63) is 0 Å². The Hall–Kier alpha value is -0.120. The summed E-state index contributed by atoms with van der Waals surface area (Å²) in [6.07, 6.45) is 9.62. The van der Waals surface area contributed by atoms with Crippen molar-refractivity contribution in [3.63, 3.8) is 0 Å². The Bertz CT molecular complexity index is 224. The summed E-state index contributed by atoms with van der Waals surface area (Å²) in [6, 6.07) is 0. The molecule has 1 atom stereocenters. The van der Waals surface area contributed by atoms with Crippen LogP contribution >= 0.6 is 0 Å². The van der Waals surface area contributed by atoms with E-state index in [9.17, 15) is 0 Å². The smallest absolute Gasteiger partial charge is 0.0700 e. The molecule has 1 aliphatic carbocycles. The first kappa shape index (κ1) is 13.3. The highest BCUT2D eigenvalue weighted by atomic mass is 16.5. The Morgan fingerprint density at radius 1 is 1.24 bits per heavy atom. The van der Waals surface area contributed by atoms with Crippen LogP contribution in [0.4, 0.5) is 0 Å². The second kappa shape index (κ2) is 6.17. The van der Waals surface area contributed by atoms with E-state index in [4.69, 9.17) is 10.5 Å². The Kier molecular flexibility index (Phi) is 4.83. The molecular formula is C14H28N2O. The second-order valence-corrected chi connectivity index (χ2v) is 5.69. The van der Waals surface area contributed by atoms with Gasteiger partial charge in [-0.05, 0) is 19.3 Å². The van der Waals surface area contributed by atoms with E-state index >= 15 is 0 Å². The summed E-state index contributed by atoms with van der Waals surface area (Å²) in [5, 5.41) is 0. The van der Waals surface area contributed by atoms with E-state index < -0.39 is 0 Å². The van der Waals surface area contributed by atoms with Crippen molar-refractivity contribution in [2.24, 2.45) is 5.73 Å². The molecule has 0 amide bonds. The summed E-state index contributed by atoms with van der Waals surface area (Å²) in [5.41, 5.74) is 6.43. The van der Waals surface area contributed by atoms with Gasteiger partial charge in [-0.1, -0.05) is 32.6 Å². The molecule has 2 N–H and O–H groups in total. The third-order valence-corrected chi connectivity index (χ3v) is 4.68. The van der Waals surface area contributed by atoms with Crippen LogP contribution in [-0.4, -0.2) is 42.8 Å². The second-order valence-electron chi connectivity index (χ2n) is 5.69. The predicted octanol–water partition coefficient (Wildman–Crippen LogP) is 2.15. The molecule has 2 aliphatic rings. The molecule has 100 valence electrons. The summed E-state index contributed by atoms with van der Waals surface area (Å²) in [5.74, 6) is 0. The van der Waals surface area contributed by atoms with Crippen molar-refractivity contribution >= 4 is 0 Å². The van der Waals surface area contributed by atoms with Crippen LogP contribution in [0, 0.1) is 0 Å². The molecule has 0 aromatic carbocycles. The summed E-state index contributed by atoms with van der Waals surface area (Å²) in [7, 11) is 0. The summed E-state index contributed by atoms with van der Waals surface area (Å²) in [6.45, 7) is 6.10. The van der Waals surface area contributed by atoms with Gasteiger partial charge in [0.25, 0.3) is 0 Å². The maximum atomic E-state index is 6.14. The van der Waals surface area contributed by atoms with Crippen LogP contribution in [0.15, 0.2) is 0 Å². The molecule has 1 saturated heterocycles. The lowest BCUT2D eigenvalue weighted by Gasteiger charge is -2.47. The van der Waals surface area contributed by atoms with Crippen LogP contribution in [0.2, 0.25) is 0 Å². The topological polar surface area (TPSA) is 38.5 Å². The fourth-order valence-electron chi connectivity index (χ4n) is 3.43. The van der Waals surface area contributed by atoms with Gasteiger partial charge in [-0.3, -0.25) is 4.90 Å². The minimum absolute atomic E-state index is 0.285. The van der Waals surface area contributed by atoms with Gasteiger partial charge in [0.2, 0.25) is 0 Å². The highest BCUT2D eigenvalue weighted by molar-refractivity contribution is 4.95. The lowest BCUT2D eigenvalue weighted by Crippen LogP contribution is -2.59. The van der Waals surface area contributed by atoms with E-state index in [1.807, 2.05) is 0 Å². The zero-order valence-electron chi connectivity index (χ0n) is 11.3. The van der Waals surface area contributed by atoms with Crippen molar-refractivity contribution < 1.29 is 4.74 Å². The number of nitrogens with zero attached hydrogens (tertiary/aromatic N) is 1. The van der Waals surface area contributed by atoms with E-state index in [0.717, 1.165) is 32.7 Å². The number of hydrogen-bond acceptors (Lipinski definition) is 3. The molecule has 0 bridgehead atoms. The molecule has 3 heteroatoms. The first-order valence-electron chi connectivity index (χ1n) is 7.37. The van der Waals surface area contributed by atoms with Gasteiger partial charge in [-0.25, -0.2) is 0 Å². The average molecular weight is 240 g/mol. The molecule has 0 aromatic heterocycles. The number of nitrogens with two attached hydrogens (primary N) is 1. The predicted molar refractivity (Wildman–Crippen MR) is 71.1 cm³/mol. The average Bonchev–Trinajstić information content (AvgIpc) is 2.65. The Morgan fingerprint density at radius 3 is 2.53 bits per heavy atom. The fourth-order valence-corrected chi connectivity index (χ4v) is 3.43. The van der Waals surface area contributed by atoms with Gasteiger partial charge in [0.15, 0.2) is 0 Å². The number of rotatable bonds is 3. The number of hydrogen-bond donors (Lipinski definition) is 1. The van der Waals surface area contributed by atoms with E-state index in [1.165, 1.54) is 38.5 Å². The SMILES string of the molecule is CCC1CN(C2(CN)CCCCCC2)CCO1. The standard InChI is InChI=1S/C14H28N2O/c1-2-13-11-16(9-10-17-13)14(12-15)7-5-3-4-6-8-14/h13H,2-12,15H2,1H3. The van der Waals surface area contributed by atoms with E-state index in [2.05, 4.69) is 11.8 Å². The van der Waals surface area contributed by atoms with Gasteiger partial charge in [-0.2, -0.15) is 0 Å². The first-order valence-corrected chi connectivity index (χ1v) is 7.37. The van der Waals surface area contributed by atoms with Crippen molar-refractivity contribution in [2.75, 3.05) is 26.2 Å². The van der Waals surface area contributed by atoms with Crippen LogP contribution in [0.1, 0.15) is 51.9 Å². The van der Waals surface area contributed by atoms with Gasteiger partial charge < -0.3 is 10.5 Å². The third-order valence-electron chi connectivity index (χ3n) is 4.68. The number of morpholine rings is 1. The van der Waals surface area contributed by atoms with Crippen LogP contribution in [0.3, 0.4) is 0 Å². The van der Waals surface area contributed by atoms with Crippen LogP contribution in [0.25, 0.3) is 0 Å². The molecule has 2 rings (SSSR count). The molecule has 0 aromatic rings. The molecule has 1 unspecified atom stereocenters. The Balaban J connectivity index is 2.04. The minimum atomic E-state index is 0.285. The van der Waals surface area contributed by atoms with Gasteiger partial charge in [0.05, 0.1) is 12.7 Å². The highest BCUT2D eigenvalue weighted by Crippen LogP contribution is 2.33. The van der Waals surface area contributed by atoms with Crippen LogP contribution in [-0.2, 0) is 4.74 Å². The van der Waals surface area contributed by atoms with Crippen molar-refractivity contribution in [1.82, 2.24) is 4.90 Å². The maximum absolute atomic E-state index is 6.14. The summed E-state index contributed by atoms with van der Waals surface area (Å²) >= 11 is 0. The van der Waals surface area contributed by atoms with Crippen molar-refractivity contribution in [3.8, 4) is 0 Å². The van der Waals surface area contributed by atoms with E-state index in [0.29, 0.717) is 6.10 Å². The van der Waals surface area contributed by atoms with Gasteiger partial charge in [0.1, 0.15) is 0 Å². The van der Waals surface area contributed by atoms with E-state index in [-0.39, 0.29) is 5.54 Å². The van der Waals surface area contributed by atoms with Crippen molar-refractivity contribution in [1.29, 1.82) is 0 Å². The highest BCUT2D eigenvalue weighted by Gasteiger charge is 2.38. The first-order chi connectivity index (χ1) is 8.30. The quantitative estimate of drug-likeness (QED) is 0.768. The largest absolute Gasteiger partial charge is 0.376 e. The maximum Gasteiger partial charge on any atom is 0.0700 e. The van der Waals surface area contributed by atoms with Gasteiger partial charge >= 0.3 is 0 Å². The van der Waals surface area contributed by atoms with Crippen LogP contribution < -0.4 is 5.73 Å². The van der Waals surface area contributed by atoms with Crippen molar-refractivity contribution in [2.45, 2.75) is 63.5 Å². The lowest BCUT2D eigenvalue weighted by atomic mass is 9.87. The molecule has 1 aliphatic heterocycles. The molecule has 2 fully saturated rings. The lowest BCUT2D eigenvalue weighted by molar-refractivity contribution is -0.0730. The molecule has 1 saturated carbocycles. The molecule has 0 radical (unpaired) electrons. The normalized spacial score (nSPS) is 31.1. The summed E-state index contributed by atoms with van der Waals surface area (Å²) < 4.78 is 5.79. The third kappa shape index (κ3) is 3.01. The van der Waals surface area contributed by atoms with Gasteiger partial charge in [-0.15, -0.1) is 0 Å². The van der Waals surface area contributed by atoms with E-state index in [1.54, 1.807) is 0 Å². The summed E-state index contributed by atoms with van der Waals surface area (Å²) in [4.78, 5) is 2.65. The molecule has 17 heavy (non-hydrogen) atoms. The van der Waals surface area contributed by atoms with Crippen LogP contribution in [0.5, 0.6) is 0 Å². The fraction of sp³-hybridized carbons (Fsp3) is 1.00. The molecule has 1 heterocycles. The molecular weight excluding hydrogens is 212 g/mol. The molecule has 3 nitrogen and oxygen atoms in total. The zero-order valence-corrected chi connectivity index (χ0v) is 11.3. The Labute approximate surface area is 106 Å². The Morgan fingerprint density at radius 2 is 1.94 bits per heavy atom. The van der Waals surface area contributed by atoms with Gasteiger partial charge in [0, 0.05) is 25.2 Å². The minimum Gasteiger partial charge on any atom is -0.376 e. The monoisotopic (exact) mass is 240 g/mol. The number of ether oxygens (including phenoxy) is 1. The molecule has 0 spiro atoms. The zero-order chi connectivity index (χ0) is 12.1.